The van der Waals surface area contributed by atoms with E-state index in [1.165, 1.54) is 11.1 Å². The van der Waals surface area contributed by atoms with Gasteiger partial charge in [0.2, 0.25) is 5.75 Å². The fourth-order valence-corrected chi connectivity index (χ4v) is 4.67. The normalized spacial score (nSPS) is 22.8. The van der Waals surface area contributed by atoms with Gasteiger partial charge in [0.05, 0.1) is 51.7 Å². The molecule has 0 saturated carbocycles. The van der Waals surface area contributed by atoms with Crippen LogP contribution < -0.4 is 14.2 Å². The van der Waals surface area contributed by atoms with E-state index < -0.39 is 12.6 Å². The second kappa shape index (κ2) is 15.0. The molecule has 2 fully saturated rings. The number of hydrogen-bond donors (Lipinski definition) is 0. The van der Waals surface area contributed by atoms with Crippen LogP contribution in [0, 0.1) is 19.3 Å². The van der Waals surface area contributed by atoms with Crippen molar-refractivity contribution in [3.63, 3.8) is 0 Å². The van der Waals surface area contributed by atoms with Crippen molar-refractivity contribution >= 4 is 0 Å². The zero-order valence-electron chi connectivity index (χ0n) is 24.2. The van der Waals surface area contributed by atoms with Gasteiger partial charge < -0.3 is 47.4 Å². The van der Waals surface area contributed by atoms with Crippen LogP contribution >= 0.6 is 0 Å². The van der Waals surface area contributed by atoms with Crippen molar-refractivity contribution in [2.75, 3.05) is 87.4 Å². The minimum absolute atomic E-state index is 0.333. The van der Waals surface area contributed by atoms with E-state index in [0.29, 0.717) is 83.3 Å². The summed E-state index contributed by atoms with van der Waals surface area (Å²) in [6.07, 6.45) is -1.02. The van der Waals surface area contributed by atoms with Crippen molar-refractivity contribution in [2.45, 2.75) is 26.4 Å². The lowest BCUT2D eigenvalue weighted by Gasteiger charge is -2.43. The second-order valence-electron chi connectivity index (χ2n) is 10.2. The molecule has 10 nitrogen and oxygen atoms in total. The minimum atomic E-state index is -0.620. The molecule has 0 unspecified atom stereocenters. The number of hydrogen-bond acceptors (Lipinski definition) is 10. The van der Waals surface area contributed by atoms with Gasteiger partial charge in [0.1, 0.15) is 19.8 Å². The first kappa shape index (κ1) is 30.5. The molecule has 4 rings (SSSR count). The first-order chi connectivity index (χ1) is 19.5. The van der Waals surface area contributed by atoms with Crippen LogP contribution in [0.3, 0.4) is 0 Å². The SMILES string of the molecule is COCCOc1cc(C2OCC3(COC(c4cc(C)cc(C)c4)OC3)CO2)cc(OCCOC)c1OCCOC. The fourth-order valence-electron chi connectivity index (χ4n) is 4.67. The van der Waals surface area contributed by atoms with E-state index in [4.69, 9.17) is 47.4 Å². The Hall–Kier alpha value is -2.44. The summed E-state index contributed by atoms with van der Waals surface area (Å²) in [5, 5.41) is 0. The third-order valence-corrected chi connectivity index (χ3v) is 6.62. The number of ether oxygens (including phenoxy) is 10. The average Bonchev–Trinajstić information content (AvgIpc) is 2.95. The highest BCUT2D eigenvalue weighted by Gasteiger charge is 2.43. The summed E-state index contributed by atoms with van der Waals surface area (Å²) in [5.74, 6) is 1.49. The Morgan fingerprint density at radius 1 is 0.575 bits per heavy atom. The van der Waals surface area contributed by atoms with E-state index in [1.54, 1.807) is 21.3 Å². The molecular formula is C30H42O10. The maximum Gasteiger partial charge on any atom is 0.203 e. The van der Waals surface area contributed by atoms with E-state index >= 15 is 0 Å². The number of benzene rings is 2. The molecule has 0 aliphatic carbocycles. The summed E-state index contributed by atoms with van der Waals surface area (Å²) in [6.45, 7) is 8.20. The van der Waals surface area contributed by atoms with E-state index in [1.807, 2.05) is 12.1 Å². The summed E-state index contributed by atoms with van der Waals surface area (Å²) in [7, 11) is 4.87. The number of methoxy groups -OCH3 is 3. The molecule has 1 spiro atoms. The van der Waals surface area contributed by atoms with Crippen molar-refractivity contribution in [2.24, 2.45) is 5.41 Å². The Bertz CT molecular complexity index is 1010. The molecule has 222 valence electrons. The van der Waals surface area contributed by atoms with Crippen LogP contribution in [0.4, 0.5) is 0 Å². The Labute approximate surface area is 236 Å². The molecule has 40 heavy (non-hydrogen) atoms. The summed E-state index contributed by atoms with van der Waals surface area (Å²) < 4.78 is 58.3. The predicted molar refractivity (Wildman–Crippen MR) is 146 cm³/mol. The third kappa shape index (κ3) is 8.07. The van der Waals surface area contributed by atoms with Crippen LogP contribution in [-0.2, 0) is 33.2 Å². The molecular weight excluding hydrogens is 520 g/mol. The van der Waals surface area contributed by atoms with Crippen LogP contribution in [0.5, 0.6) is 17.2 Å². The highest BCUT2D eigenvalue weighted by molar-refractivity contribution is 5.54. The Kier molecular flexibility index (Phi) is 11.4. The maximum atomic E-state index is 6.23. The van der Waals surface area contributed by atoms with Gasteiger partial charge in [-0.1, -0.05) is 29.3 Å². The van der Waals surface area contributed by atoms with Crippen molar-refractivity contribution in [3.05, 3.63) is 52.6 Å². The standard InChI is InChI=1S/C30H42O10/c1-21-12-22(2)14-23(13-21)28-37-17-30(18-38-28)19-39-29(40-20-30)24-15-25(34-9-6-31-3)27(36-11-8-33-5)26(16-24)35-10-7-32-4/h12-16,28-29H,6-11,17-20H2,1-5H3. The van der Waals surface area contributed by atoms with Gasteiger partial charge in [-0.25, -0.2) is 0 Å². The first-order valence-electron chi connectivity index (χ1n) is 13.5. The van der Waals surface area contributed by atoms with E-state index in [0.717, 1.165) is 11.1 Å². The molecule has 10 heteroatoms. The average molecular weight is 563 g/mol. The van der Waals surface area contributed by atoms with Gasteiger partial charge >= 0.3 is 0 Å². The van der Waals surface area contributed by atoms with Gasteiger partial charge in [-0.05, 0) is 26.0 Å². The van der Waals surface area contributed by atoms with Gasteiger partial charge in [-0.3, -0.25) is 0 Å². The molecule has 0 bridgehead atoms. The van der Waals surface area contributed by atoms with Gasteiger partial charge in [0.15, 0.2) is 24.1 Å². The summed E-state index contributed by atoms with van der Waals surface area (Å²) in [6, 6.07) is 10.0. The maximum absolute atomic E-state index is 6.23. The summed E-state index contributed by atoms with van der Waals surface area (Å²) >= 11 is 0. The highest BCUT2D eigenvalue weighted by Crippen LogP contribution is 2.44. The van der Waals surface area contributed by atoms with Gasteiger partial charge in [-0.15, -0.1) is 0 Å². The zero-order chi connectivity index (χ0) is 28.4. The Morgan fingerprint density at radius 3 is 1.40 bits per heavy atom. The first-order valence-corrected chi connectivity index (χ1v) is 13.5. The van der Waals surface area contributed by atoms with Gasteiger partial charge in [0.25, 0.3) is 0 Å². The van der Waals surface area contributed by atoms with E-state index in [-0.39, 0.29) is 5.41 Å². The van der Waals surface area contributed by atoms with E-state index in [9.17, 15) is 0 Å². The van der Waals surface area contributed by atoms with Crippen LogP contribution in [0.25, 0.3) is 0 Å². The molecule has 2 aliphatic rings. The Morgan fingerprint density at radius 2 is 0.975 bits per heavy atom. The molecule has 2 aliphatic heterocycles. The molecule has 2 saturated heterocycles. The van der Waals surface area contributed by atoms with Crippen LogP contribution in [-0.4, -0.2) is 87.4 Å². The molecule has 2 aromatic carbocycles. The van der Waals surface area contributed by atoms with Crippen LogP contribution in [0.2, 0.25) is 0 Å². The molecule has 2 heterocycles. The minimum Gasteiger partial charge on any atom is -0.487 e. The molecule has 0 N–H and O–H groups in total. The highest BCUT2D eigenvalue weighted by atomic mass is 16.7. The van der Waals surface area contributed by atoms with E-state index in [2.05, 4.69) is 32.0 Å². The smallest absolute Gasteiger partial charge is 0.203 e. The fraction of sp³-hybridized carbons (Fsp3) is 0.600. The zero-order valence-corrected chi connectivity index (χ0v) is 24.2. The van der Waals surface area contributed by atoms with Crippen molar-refractivity contribution in [1.82, 2.24) is 0 Å². The van der Waals surface area contributed by atoms with Crippen molar-refractivity contribution in [1.29, 1.82) is 0 Å². The molecule has 0 atom stereocenters. The molecule has 0 aromatic heterocycles. The van der Waals surface area contributed by atoms with Crippen LogP contribution in [0.1, 0.15) is 34.8 Å². The molecule has 0 amide bonds. The van der Waals surface area contributed by atoms with Gasteiger partial charge in [-0.2, -0.15) is 0 Å². The number of aryl methyl sites for hydroxylation is 2. The van der Waals surface area contributed by atoms with Crippen molar-refractivity contribution < 1.29 is 47.4 Å². The quantitative estimate of drug-likeness (QED) is 0.313. The Balaban J connectivity index is 1.45. The van der Waals surface area contributed by atoms with Crippen LogP contribution in [0.15, 0.2) is 30.3 Å². The second-order valence-corrected chi connectivity index (χ2v) is 10.2. The largest absolute Gasteiger partial charge is 0.487 e. The summed E-state index contributed by atoms with van der Waals surface area (Å²) in [5.41, 5.74) is 3.75. The van der Waals surface area contributed by atoms with Crippen molar-refractivity contribution in [3.8, 4) is 17.2 Å². The number of rotatable bonds is 14. The molecule has 0 radical (unpaired) electrons. The predicted octanol–water partition coefficient (Wildman–Crippen LogP) is 4.16. The summed E-state index contributed by atoms with van der Waals surface area (Å²) in [4.78, 5) is 0. The lowest BCUT2D eigenvalue weighted by atomic mass is 9.90. The lowest BCUT2D eigenvalue weighted by Crippen LogP contribution is -2.49. The lowest BCUT2D eigenvalue weighted by molar-refractivity contribution is -0.307. The monoisotopic (exact) mass is 562 g/mol. The molecule has 2 aromatic rings. The van der Waals surface area contributed by atoms with Gasteiger partial charge in [0, 0.05) is 32.5 Å². The topological polar surface area (TPSA) is 92.3 Å². The third-order valence-electron chi connectivity index (χ3n) is 6.62.